The number of hydrogen-bond acceptors (Lipinski definition) is 2. The summed E-state index contributed by atoms with van der Waals surface area (Å²) < 4.78 is 5.74. The van der Waals surface area contributed by atoms with Crippen LogP contribution in [0.15, 0.2) is 40.8 Å². The Balaban J connectivity index is 2.61. The Labute approximate surface area is 87.0 Å². The van der Waals surface area contributed by atoms with Gasteiger partial charge in [-0.25, -0.2) is 0 Å². The van der Waals surface area contributed by atoms with Crippen LogP contribution in [0.2, 0.25) is 0 Å². The maximum atomic E-state index is 5.93. The highest BCUT2D eigenvalue weighted by Crippen LogP contribution is 2.08. The lowest BCUT2D eigenvalue weighted by Gasteiger charge is -1.86. The quantitative estimate of drug-likeness (QED) is 0.690. The van der Waals surface area contributed by atoms with Crippen LogP contribution in [0.25, 0.3) is 22.7 Å². The minimum absolute atomic E-state index is 0.704. The van der Waals surface area contributed by atoms with E-state index in [1.54, 1.807) is 0 Å². The van der Waals surface area contributed by atoms with E-state index in [9.17, 15) is 0 Å². The summed E-state index contributed by atoms with van der Waals surface area (Å²) in [6, 6.07) is 8.01. The molecule has 1 aliphatic carbocycles. The summed E-state index contributed by atoms with van der Waals surface area (Å²) >= 11 is 0. The van der Waals surface area contributed by atoms with E-state index in [-0.39, 0.29) is 0 Å². The van der Waals surface area contributed by atoms with Gasteiger partial charge in [-0.3, -0.25) is 0 Å². The molecule has 0 atom stereocenters. The molecule has 2 nitrogen and oxygen atoms in total. The molecule has 0 saturated heterocycles. The molecule has 2 aromatic rings. The summed E-state index contributed by atoms with van der Waals surface area (Å²) in [6.45, 7) is 0. The first-order chi connectivity index (χ1) is 7.36. The van der Waals surface area contributed by atoms with E-state index in [0.717, 1.165) is 28.0 Å². The molecule has 2 N–H and O–H groups in total. The topological polar surface area (TPSA) is 39.2 Å². The predicted molar refractivity (Wildman–Crippen MR) is 61.3 cm³/mol. The number of hydrogen-bond donors (Lipinski definition) is 1. The highest BCUT2D eigenvalue weighted by atomic mass is 16.3. The number of para-hydroxylation sites is 1. The van der Waals surface area contributed by atoms with Gasteiger partial charge in [0.2, 0.25) is 0 Å². The summed E-state index contributed by atoms with van der Waals surface area (Å²) in [4.78, 5) is 0. The fourth-order valence-electron chi connectivity index (χ4n) is 1.94. The highest BCUT2D eigenvalue weighted by molar-refractivity contribution is 5.80. The van der Waals surface area contributed by atoms with Crippen LogP contribution >= 0.6 is 0 Å². The minimum Gasteiger partial charge on any atom is -0.454 e. The Hall–Kier alpha value is -1.96. The maximum Gasteiger partial charge on any atom is 0.157 e. The number of nitrogens with two attached hydrogens (primary N) is 1. The zero-order chi connectivity index (χ0) is 10.3. The van der Waals surface area contributed by atoms with Crippen molar-refractivity contribution < 1.29 is 4.42 Å². The molecule has 0 spiro atoms. The molecule has 0 unspecified atom stereocenters. The monoisotopic (exact) mass is 197 g/mol. The zero-order valence-electron chi connectivity index (χ0n) is 8.23. The number of rotatable bonds is 0. The molecule has 3 rings (SSSR count). The van der Waals surface area contributed by atoms with E-state index in [1.807, 2.05) is 30.4 Å². The summed E-state index contributed by atoms with van der Waals surface area (Å²) in [7, 11) is 0. The Morgan fingerprint density at radius 2 is 2.07 bits per heavy atom. The number of benzene rings is 1. The van der Waals surface area contributed by atoms with Crippen LogP contribution in [0, 0.1) is 0 Å². The fraction of sp³-hybridized carbons (Fsp3) is 0.0769. The third-order valence-electron chi connectivity index (χ3n) is 2.65. The van der Waals surface area contributed by atoms with Crippen molar-refractivity contribution in [1.29, 1.82) is 0 Å². The van der Waals surface area contributed by atoms with Crippen LogP contribution < -0.4 is 16.4 Å². The second kappa shape index (κ2) is 3.02. The van der Waals surface area contributed by atoms with Gasteiger partial charge in [-0.2, -0.15) is 0 Å². The van der Waals surface area contributed by atoms with Crippen LogP contribution in [0.1, 0.15) is 6.42 Å². The van der Waals surface area contributed by atoms with Gasteiger partial charge < -0.3 is 10.2 Å². The largest absolute Gasteiger partial charge is 0.454 e. The summed E-state index contributed by atoms with van der Waals surface area (Å²) in [5.41, 5.74) is 8.33. The number of fused-ring (bicyclic) bond motifs is 3. The molecule has 0 amide bonds. The Kier molecular flexibility index (Phi) is 1.68. The summed E-state index contributed by atoms with van der Waals surface area (Å²) in [5.74, 6) is 0. The van der Waals surface area contributed by atoms with Crippen molar-refractivity contribution in [2.24, 2.45) is 5.73 Å². The van der Waals surface area contributed by atoms with E-state index < -0.39 is 0 Å². The molecule has 15 heavy (non-hydrogen) atoms. The molecule has 1 aromatic heterocycles. The van der Waals surface area contributed by atoms with E-state index in [4.69, 9.17) is 10.2 Å². The second-order valence-corrected chi connectivity index (χ2v) is 3.64. The van der Waals surface area contributed by atoms with E-state index in [0.29, 0.717) is 5.70 Å². The summed E-state index contributed by atoms with van der Waals surface area (Å²) in [6.07, 6.45) is 7.00. The molecule has 74 valence electrons. The van der Waals surface area contributed by atoms with Gasteiger partial charge in [0.05, 0.1) is 5.70 Å². The zero-order valence-corrected chi connectivity index (χ0v) is 8.23. The Bertz CT molecular complexity index is 661. The predicted octanol–water partition coefficient (Wildman–Crippen LogP) is 1.24. The minimum atomic E-state index is 0.704. The molecule has 2 heteroatoms. The van der Waals surface area contributed by atoms with Crippen molar-refractivity contribution >= 4 is 22.7 Å². The molecule has 1 heterocycles. The van der Waals surface area contributed by atoms with Crippen LogP contribution in [-0.2, 0) is 0 Å². The molecular formula is C13H11NO. The maximum absolute atomic E-state index is 5.93. The first-order valence-electron chi connectivity index (χ1n) is 5.00. The third kappa shape index (κ3) is 1.18. The normalized spacial score (nSPS) is 14.8. The van der Waals surface area contributed by atoms with Crippen molar-refractivity contribution in [2.75, 3.05) is 0 Å². The average Bonchev–Trinajstić information content (AvgIpc) is 2.54. The first kappa shape index (κ1) is 8.36. The van der Waals surface area contributed by atoms with E-state index >= 15 is 0 Å². The molecule has 0 bridgehead atoms. The van der Waals surface area contributed by atoms with Gasteiger partial charge >= 0.3 is 0 Å². The third-order valence-corrected chi connectivity index (χ3v) is 2.65. The molecule has 1 aliphatic rings. The van der Waals surface area contributed by atoms with Gasteiger partial charge in [0.15, 0.2) is 5.42 Å². The lowest BCUT2D eigenvalue weighted by Crippen LogP contribution is -2.24. The van der Waals surface area contributed by atoms with Gasteiger partial charge in [0, 0.05) is 10.6 Å². The second-order valence-electron chi connectivity index (χ2n) is 3.64. The van der Waals surface area contributed by atoms with E-state index in [1.165, 1.54) is 0 Å². The molecule has 1 aromatic carbocycles. The van der Waals surface area contributed by atoms with Crippen molar-refractivity contribution in [1.82, 2.24) is 0 Å². The fourth-order valence-corrected chi connectivity index (χ4v) is 1.94. The van der Waals surface area contributed by atoms with Crippen molar-refractivity contribution in [3.05, 3.63) is 47.1 Å². The Morgan fingerprint density at radius 1 is 1.20 bits per heavy atom. The molecule has 0 saturated carbocycles. The van der Waals surface area contributed by atoms with Crippen LogP contribution in [0.5, 0.6) is 0 Å². The summed E-state index contributed by atoms with van der Waals surface area (Å²) in [5, 5.41) is 2.26. The van der Waals surface area contributed by atoms with Gasteiger partial charge in [0.25, 0.3) is 0 Å². The number of furan rings is 1. The first-order valence-corrected chi connectivity index (χ1v) is 5.00. The van der Waals surface area contributed by atoms with Gasteiger partial charge in [-0.1, -0.05) is 30.4 Å². The van der Waals surface area contributed by atoms with E-state index in [2.05, 4.69) is 12.1 Å². The van der Waals surface area contributed by atoms with Gasteiger partial charge in [-0.15, -0.1) is 0 Å². The van der Waals surface area contributed by atoms with Crippen molar-refractivity contribution in [2.45, 2.75) is 6.42 Å². The SMILES string of the molecule is NC1=c2oc3ccccc3c2=CCC=C1. The number of allylic oxidation sites excluding steroid dienone is 1. The van der Waals surface area contributed by atoms with Gasteiger partial charge in [0.1, 0.15) is 5.58 Å². The van der Waals surface area contributed by atoms with Gasteiger partial charge in [-0.05, 0) is 18.6 Å². The van der Waals surface area contributed by atoms with Crippen LogP contribution in [0.3, 0.4) is 0 Å². The highest BCUT2D eigenvalue weighted by Gasteiger charge is 2.04. The molecule has 0 radical (unpaired) electrons. The lowest BCUT2D eigenvalue weighted by molar-refractivity contribution is 0.572. The molecule has 0 aliphatic heterocycles. The molecular weight excluding hydrogens is 186 g/mol. The van der Waals surface area contributed by atoms with Crippen molar-refractivity contribution in [3.8, 4) is 0 Å². The Morgan fingerprint density at radius 3 is 3.00 bits per heavy atom. The average molecular weight is 197 g/mol. The van der Waals surface area contributed by atoms with Crippen LogP contribution in [-0.4, -0.2) is 0 Å². The molecule has 0 fully saturated rings. The van der Waals surface area contributed by atoms with Crippen molar-refractivity contribution in [3.63, 3.8) is 0 Å². The standard InChI is InChI=1S/C13H11NO/c14-11-7-3-1-6-10-9-5-2-4-8-12(9)15-13(10)11/h2-8H,1,14H2. The lowest BCUT2D eigenvalue weighted by atomic mass is 10.2. The smallest absolute Gasteiger partial charge is 0.157 e. The van der Waals surface area contributed by atoms with Crippen LogP contribution in [0.4, 0.5) is 0 Å².